The number of Topliss-reactive ketones (excluding diaryl/α,β-unsaturated/α-hetero) is 1. The average molecular weight is 250 g/mol. The van der Waals surface area contributed by atoms with E-state index in [4.69, 9.17) is 0 Å². The monoisotopic (exact) mass is 250 g/mol. The number of aliphatic hydroxyl groups is 1. The van der Waals surface area contributed by atoms with Crippen LogP contribution in [0, 0.1) is 5.41 Å². The molecular weight excluding hydrogens is 236 g/mol. The summed E-state index contributed by atoms with van der Waals surface area (Å²) < 4.78 is 0. The lowest BCUT2D eigenvalue weighted by molar-refractivity contribution is 0.0373. The van der Waals surface area contributed by atoms with Gasteiger partial charge in [-0.25, -0.2) is 0 Å². The lowest BCUT2D eigenvalue weighted by Crippen LogP contribution is -2.32. The molecule has 19 heavy (non-hydrogen) atoms. The molecule has 4 rings (SSSR count). The summed E-state index contributed by atoms with van der Waals surface area (Å²) in [5.74, 6) is 0.104. The number of fused-ring (bicyclic) bond motifs is 2. The molecule has 0 radical (unpaired) electrons. The van der Waals surface area contributed by atoms with Gasteiger partial charge in [0.25, 0.3) is 0 Å². The Morgan fingerprint density at radius 2 is 1.58 bits per heavy atom. The van der Waals surface area contributed by atoms with Crippen LogP contribution in [0.25, 0.3) is 0 Å². The van der Waals surface area contributed by atoms with E-state index in [1.807, 2.05) is 48.5 Å². The van der Waals surface area contributed by atoms with Gasteiger partial charge in [0.2, 0.25) is 0 Å². The fourth-order valence-corrected chi connectivity index (χ4v) is 3.64. The highest BCUT2D eigenvalue weighted by molar-refractivity contribution is 6.06. The van der Waals surface area contributed by atoms with Crippen LogP contribution in [-0.4, -0.2) is 10.9 Å². The number of ketones is 1. The predicted octanol–water partition coefficient (Wildman–Crippen LogP) is 2.70. The Labute approximate surface area is 111 Å². The molecule has 2 aromatic rings. The van der Waals surface area contributed by atoms with Crippen LogP contribution < -0.4 is 0 Å². The maximum Gasteiger partial charge on any atom is 0.172 e. The van der Waals surface area contributed by atoms with Crippen molar-refractivity contribution in [3.05, 3.63) is 70.8 Å². The van der Waals surface area contributed by atoms with Crippen molar-refractivity contribution >= 4 is 5.78 Å². The summed E-state index contributed by atoms with van der Waals surface area (Å²) in [6, 6.07) is 15.6. The minimum absolute atomic E-state index is 0.104. The van der Waals surface area contributed by atoms with E-state index < -0.39 is 11.5 Å². The third-order valence-corrected chi connectivity index (χ3v) is 4.60. The van der Waals surface area contributed by atoms with E-state index in [9.17, 15) is 9.90 Å². The van der Waals surface area contributed by atoms with Gasteiger partial charge in [0.15, 0.2) is 5.78 Å². The molecule has 0 saturated carbocycles. The van der Waals surface area contributed by atoms with Crippen molar-refractivity contribution in [1.29, 1.82) is 0 Å². The van der Waals surface area contributed by atoms with Crippen LogP contribution >= 0.6 is 0 Å². The molecular formula is C17H14O2. The van der Waals surface area contributed by atoms with Crippen molar-refractivity contribution in [1.82, 2.24) is 0 Å². The smallest absolute Gasteiger partial charge is 0.172 e. The van der Waals surface area contributed by atoms with Gasteiger partial charge in [-0.2, -0.15) is 0 Å². The molecule has 2 aliphatic carbocycles. The molecule has 0 aromatic heterocycles. The number of hydrogen-bond acceptors (Lipinski definition) is 2. The standard InChI is InChI=1S/C17H14O2/c18-15-13-7-3-1-5-11(13)9-17(15)10-12-6-2-4-8-14(12)16(17)19/h1-8,15,18H,9-10H2/t15-,17+/m0/s1. The Hall–Kier alpha value is -1.93. The lowest BCUT2D eigenvalue weighted by atomic mass is 9.78. The topological polar surface area (TPSA) is 37.3 Å². The number of hydrogen-bond donors (Lipinski definition) is 1. The van der Waals surface area contributed by atoms with Crippen molar-refractivity contribution in [2.45, 2.75) is 18.9 Å². The molecule has 0 fully saturated rings. The van der Waals surface area contributed by atoms with E-state index in [2.05, 4.69) is 0 Å². The van der Waals surface area contributed by atoms with Gasteiger partial charge >= 0.3 is 0 Å². The van der Waals surface area contributed by atoms with Crippen molar-refractivity contribution in [3.8, 4) is 0 Å². The maximum absolute atomic E-state index is 12.7. The van der Waals surface area contributed by atoms with Crippen LogP contribution in [0.3, 0.4) is 0 Å². The van der Waals surface area contributed by atoms with E-state index in [-0.39, 0.29) is 5.78 Å². The van der Waals surface area contributed by atoms with Gasteiger partial charge in [0.1, 0.15) is 0 Å². The maximum atomic E-state index is 12.7. The zero-order valence-corrected chi connectivity index (χ0v) is 10.5. The van der Waals surface area contributed by atoms with Crippen molar-refractivity contribution in [3.63, 3.8) is 0 Å². The Morgan fingerprint density at radius 1 is 0.947 bits per heavy atom. The van der Waals surface area contributed by atoms with Crippen LogP contribution in [0.2, 0.25) is 0 Å². The van der Waals surface area contributed by atoms with Gasteiger partial charge in [-0.05, 0) is 29.5 Å². The number of rotatable bonds is 0. The van der Waals surface area contributed by atoms with Gasteiger partial charge in [-0.1, -0.05) is 48.5 Å². The van der Waals surface area contributed by atoms with Gasteiger partial charge in [-0.3, -0.25) is 4.79 Å². The highest BCUT2D eigenvalue weighted by Crippen LogP contribution is 2.53. The van der Waals surface area contributed by atoms with Gasteiger partial charge in [-0.15, -0.1) is 0 Å². The first kappa shape index (κ1) is 10.9. The highest BCUT2D eigenvalue weighted by Gasteiger charge is 2.54. The molecule has 2 nitrogen and oxygen atoms in total. The molecule has 0 unspecified atom stereocenters. The SMILES string of the molecule is O=C1c2ccccc2C[C@@]12Cc1ccccc1[C@@H]2O. The molecule has 0 amide bonds. The molecule has 2 aliphatic rings. The summed E-state index contributed by atoms with van der Waals surface area (Å²) in [5, 5.41) is 10.7. The second-order valence-electron chi connectivity index (χ2n) is 5.60. The fraction of sp³-hybridized carbons (Fsp3) is 0.235. The first-order valence-corrected chi connectivity index (χ1v) is 6.61. The van der Waals surface area contributed by atoms with Crippen molar-refractivity contribution < 1.29 is 9.90 Å². The number of carbonyl (C=O) groups excluding carboxylic acids is 1. The van der Waals surface area contributed by atoms with Gasteiger partial charge in [0, 0.05) is 5.56 Å². The van der Waals surface area contributed by atoms with E-state index >= 15 is 0 Å². The Morgan fingerprint density at radius 3 is 2.32 bits per heavy atom. The molecule has 0 heterocycles. The van der Waals surface area contributed by atoms with Crippen molar-refractivity contribution in [2.75, 3.05) is 0 Å². The van der Waals surface area contributed by atoms with Crippen molar-refractivity contribution in [2.24, 2.45) is 5.41 Å². The summed E-state index contributed by atoms with van der Waals surface area (Å²) in [6.07, 6.45) is 0.624. The summed E-state index contributed by atoms with van der Waals surface area (Å²) >= 11 is 0. The quantitative estimate of drug-likeness (QED) is 0.780. The molecule has 1 N–H and O–H groups in total. The number of carbonyl (C=O) groups is 1. The Kier molecular flexibility index (Phi) is 2.04. The summed E-state index contributed by atoms with van der Waals surface area (Å²) in [5.41, 5.74) is 3.22. The minimum Gasteiger partial charge on any atom is -0.387 e. The molecule has 2 heteroatoms. The molecule has 0 bridgehead atoms. The number of benzene rings is 2. The average Bonchev–Trinajstić information content (AvgIpc) is 2.88. The molecule has 0 aliphatic heterocycles. The normalized spacial score (nSPS) is 27.6. The van der Waals surface area contributed by atoms with Crippen LogP contribution in [0.15, 0.2) is 48.5 Å². The highest BCUT2D eigenvalue weighted by atomic mass is 16.3. The van der Waals surface area contributed by atoms with Crippen LogP contribution in [-0.2, 0) is 12.8 Å². The molecule has 94 valence electrons. The summed E-state index contributed by atoms with van der Waals surface area (Å²) in [4.78, 5) is 12.7. The zero-order valence-electron chi connectivity index (χ0n) is 10.5. The fourth-order valence-electron chi connectivity index (χ4n) is 3.64. The first-order chi connectivity index (χ1) is 9.22. The third kappa shape index (κ3) is 1.27. The lowest BCUT2D eigenvalue weighted by Gasteiger charge is -2.25. The second-order valence-corrected chi connectivity index (χ2v) is 5.60. The van der Waals surface area contributed by atoms with E-state index in [1.54, 1.807) is 0 Å². The van der Waals surface area contributed by atoms with E-state index in [0.29, 0.717) is 12.8 Å². The molecule has 0 saturated heterocycles. The first-order valence-electron chi connectivity index (χ1n) is 6.61. The van der Waals surface area contributed by atoms with Gasteiger partial charge in [0.05, 0.1) is 11.5 Å². The zero-order chi connectivity index (χ0) is 13.0. The number of aliphatic hydroxyl groups excluding tert-OH is 1. The van der Waals surface area contributed by atoms with E-state index in [0.717, 1.165) is 22.3 Å². The van der Waals surface area contributed by atoms with E-state index in [1.165, 1.54) is 0 Å². The Bertz CT molecular complexity index is 685. The molecule has 1 spiro atoms. The predicted molar refractivity (Wildman–Crippen MR) is 72.0 cm³/mol. The van der Waals surface area contributed by atoms with Gasteiger partial charge < -0.3 is 5.11 Å². The Balaban J connectivity index is 1.86. The molecule has 2 aromatic carbocycles. The minimum atomic E-state index is -0.677. The second kappa shape index (κ2) is 3.55. The largest absolute Gasteiger partial charge is 0.387 e. The third-order valence-electron chi connectivity index (χ3n) is 4.60. The van der Waals surface area contributed by atoms with Crippen LogP contribution in [0.5, 0.6) is 0 Å². The molecule has 2 atom stereocenters. The van der Waals surface area contributed by atoms with Crippen LogP contribution in [0.4, 0.5) is 0 Å². The summed E-state index contributed by atoms with van der Waals surface area (Å²) in [7, 11) is 0. The summed E-state index contributed by atoms with van der Waals surface area (Å²) in [6.45, 7) is 0. The van der Waals surface area contributed by atoms with Crippen LogP contribution in [0.1, 0.15) is 33.2 Å².